The molecule has 1 rings (SSSR count). The number of nitrogens with two attached hydrogens (primary N) is 1. The molecule has 0 aliphatic carbocycles. The maximum Gasteiger partial charge on any atom is 0.220 e. The van der Waals surface area contributed by atoms with E-state index in [2.05, 4.69) is 5.32 Å². The maximum absolute atomic E-state index is 11.8. The van der Waals surface area contributed by atoms with Crippen LogP contribution < -0.4 is 11.1 Å². The monoisotopic (exact) mass is 268 g/mol. The van der Waals surface area contributed by atoms with Gasteiger partial charge in [-0.05, 0) is 37.4 Å². The zero-order valence-corrected chi connectivity index (χ0v) is 11.7. The van der Waals surface area contributed by atoms with E-state index in [1.807, 2.05) is 38.1 Å². The van der Waals surface area contributed by atoms with Gasteiger partial charge >= 0.3 is 0 Å². The predicted octanol–water partition coefficient (Wildman–Crippen LogP) is 2.89. The van der Waals surface area contributed by atoms with Crippen molar-refractivity contribution in [2.75, 3.05) is 6.54 Å². The van der Waals surface area contributed by atoms with E-state index in [-0.39, 0.29) is 11.9 Å². The molecule has 0 bridgehead atoms. The van der Waals surface area contributed by atoms with Gasteiger partial charge in [0.25, 0.3) is 0 Å². The molecule has 0 aliphatic heterocycles. The number of rotatable bonds is 6. The Hall–Kier alpha value is -1.06. The molecule has 0 aromatic heterocycles. The minimum atomic E-state index is -0.0700. The van der Waals surface area contributed by atoms with Gasteiger partial charge in [0.05, 0.1) is 6.04 Å². The smallest absolute Gasteiger partial charge is 0.220 e. The molecule has 1 aromatic rings. The molecular weight excluding hydrogens is 248 g/mol. The molecule has 1 amide bonds. The highest BCUT2D eigenvalue weighted by atomic mass is 35.5. The van der Waals surface area contributed by atoms with E-state index >= 15 is 0 Å². The number of hydrogen-bond donors (Lipinski definition) is 2. The summed E-state index contributed by atoms with van der Waals surface area (Å²) < 4.78 is 0. The summed E-state index contributed by atoms with van der Waals surface area (Å²) in [4.78, 5) is 11.8. The molecule has 100 valence electrons. The van der Waals surface area contributed by atoms with Crippen molar-refractivity contribution in [3.63, 3.8) is 0 Å². The topological polar surface area (TPSA) is 55.1 Å². The number of carbonyl (C=O) groups is 1. The van der Waals surface area contributed by atoms with Crippen LogP contribution in [-0.2, 0) is 4.79 Å². The number of nitrogens with one attached hydrogen (secondary N) is 1. The van der Waals surface area contributed by atoms with Gasteiger partial charge < -0.3 is 11.1 Å². The first-order valence-corrected chi connectivity index (χ1v) is 6.66. The number of amides is 1. The molecule has 2 unspecified atom stereocenters. The van der Waals surface area contributed by atoms with Gasteiger partial charge in [0.2, 0.25) is 5.91 Å². The van der Waals surface area contributed by atoms with E-state index in [1.54, 1.807) is 0 Å². The molecule has 0 radical (unpaired) electrons. The summed E-state index contributed by atoms with van der Waals surface area (Å²) in [5, 5.41) is 3.63. The van der Waals surface area contributed by atoms with Crippen molar-refractivity contribution in [1.82, 2.24) is 5.32 Å². The minimum Gasteiger partial charge on any atom is -0.350 e. The summed E-state index contributed by atoms with van der Waals surface area (Å²) in [6, 6.07) is 7.48. The molecule has 0 heterocycles. The van der Waals surface area contributed by atoms with Crippen molar-refractivity contribution < 1.29 is 4.79 Å². The van der Waals surface area contributed by atoms with Crippen LogP contribution in [0.3, 0.4) is 0 Å². The molecule has 0 fully saturated rings. The van der Waals surface area contributed by atoms with Crippen molar-refractivity contribution in [3.8, 4) is 0 Å². The Morgan fingerprint density at radius 3 is 2.67 bits per heavy atom. The van der Waals surface area contributed by atoms with Crippen LogP contribution in [0.15, 0.2) is 24.3 Å². The van der Waals surface area contributed by atoms with E-state index in [0.29, 0.717) is 23.9 Å². The summed E-state index contributed by atoms with van der Waals surface area (Å²) in [6.45, 7) is 4.60. The third-order valence-electron chi connectivity index (χ3n) is 3.02. The van der Waals surface area contributed by atoms with Gasteiger partial charge in [-0.1, -0.05) is 36.7 Å². The molecule has 0 saturated carbocycles. The largest absolute Gasteiger partial charge is 0.350 e. The highest BCUT2D eigenvalue weighted by Crippen LogP contribution is 2.22. The van der Waals surface area contributed by atoms with Crippen molar-refractivity contribution in [2.45, 2.75) is 32.7 Å². The van der Waals surface area contributed by atoms with Crippen LogP contribution in [0, 0.1) is 5.92 Å². The second kappa shape index (κ2) is 7.39. The van der Waals surface area contributed by atoms with Crippen LogP contribution in [0.25, 0.3) is 0 Å². The van der Waals surface area contributed by atoms with Crippen LogP contribution >= 0.6 is 11.6 Å². The van der Waals surface area contributed by atoms with Crippen molar-refractivity contribution in [3.05, 3.63) is 34.9 Å². The van der Waals surface area contributed by atoms with Crippen molar-refractivity contribution in [2.24, 2.45) is 11.7 Å². The lowest BCUT2D eigenvalue weighted by Crippen LogP contribution is -2.27. The standard InChI is InChI=1S/C14H21ClN2O/c1-10(9-16)7-8-14(18)17-11(2)12-5-3-4-6-13(12)15/h3-6,10-11H,7-9,16H2,1-2H3,(H,17,18). The Morgan fingerprint density at radius 1 is 1.39 bits per heavy atom. The predicted molar refractivity (Wildman–Crippen MR) is 75.5 cm³/mol. The number of hydrogen-bond acceptors (Lipinski definition) is 2. The Labute approximate surface area is 114 Å². The lowest BCUT2D eigenvalue weighted by Gasteiger charge is -2.16. The molecule has 0 spiro atoms. The molecule has 2 atom stereocenters. The fourth-order valence-electron chi connectivity index (χ4n) is 1.71. The summed E-state index contributed by atoms with van der Waals surface area (Å²) in [7, 11) is 0. The second-order valence-corrected chi connectivity index (χ2v) is 5.10. The molecule has 4 heteroatoms. The highest BCUT2D eigenvalue weighted by Gasteiger charge is 2.12. The van der Waals surface area contributed by atoms with Crippen LogP contribution in [-0.4, -0.2) is 12.5 Å². The Kier molecular flexibility index (Phi) is 6.16. The average molecular weight is 269 g/mol. The van der Waals surface area contributed by atoms with E-state index in [0.717, 1.165) is 12.0 Å². The van der Waals surface area contributed by atoms with Gasteiger partial charge in [-0.3, -0.25) is 4.79 Å². The minimum absolute atomic E-state index is 0.0442. The molecular formula is C14H21ClN2O. The third kappa shape index (κ3) is 4.67. The molecule has 18 heavy (non-hydrogen) atoms. The fourth-order valence-corrected chi connectivity index (χ4v) is 2.01. The lowest BCUT2D eigenvalue weighted by molar-refractivity contribution is -0.122. The van der Waals surface area contributed by atoms with Gasteiger partial charge in [0.1, 0.15) is 0 Å². The normalized spacial score (nSPS) is 14.0. The van der Waals surface area contributed by atoms with E-state index in [1.165, 1.54) is 0 Å². The quantitative estimate of drug-likeness (QED) is 0.834. The molecule has 0 saturated heterocycles. The summed E-state index contributed by atoms with van der Waals surface area (Å²) in [5.41, 5.74) is 6.47. The van der Waals surface area contributed by atoms with Gasteiger partial charge in [-0.25, -0.2) is 0 Å². The SMILES string of the molecule is CC(CN)CCC(=O)NC(C)c1ccccc1Cl. The fraction of sp³-hybridized carbons (Fsp3) is 0.500. The van der Waals surface area contributed by atoms with Gasteiger partial charge in [0.15, 0.2) is 0 Å². The Balaban J connectivity index is 2.47. The zero-order valence-electron chi connectivity index (χ0n) is 10.9. The molecule has 3 nitrogen and oxygen atoms in total. The van der Waals surface area contributed by atoms with Gasteiger partial charge in [-0.15, -0.1) is 0 Å². The van der Waals surface area contributed by atoms with Gasteiger partial charge in [-0.2, -0.15) is 0 Å². The first-order valence-electron chi connectivity index (χ1n) is 6.28. The lowest BCUT2D eigenvalue weighted by atomic mass is 10.0. The zero-order chi connectivity index (χ0) is 13.5. The third-order valence-corrected chi connectivity index (χ3v) is 3.36. The van der Waals surface area contributed by atoms with Gasteiger partial charge in [0, 0.05) is 11.4 Å². The van der Waals surface area contributed by atoms with Crippen LogP contribution in [0.4, 0.5) is 0 Å². The first-order chi connectivity index (χ1) is 8.54. The van der Waals surface area contributed by atoms with E-state index in [9.17, 15) is 4.79 Å². The van der Waals surface area contributed by atoms with Crippen LogP contribution in [0.1, 0.15) is 38.3 Å². The van der Waals surface area contributed by atoms with Crippen molar-refractivity contribution in [1.29, 1.82) is 0 Å². The van der Waals surface area contributed by atoms with Crippen molar-refractivity contribution >= 4 is 17.5 Å². The Morgan fingerprint density at radius 2 is 2.06 bits per heavy atom. The maximum atomic E-state index is 11.8. The number of carbonyl (C=O) groups excluding carboxylic acids is 1. The summed E-state index contributed by atoms with van der Waals surface area (Å²) >= 11 is 6.08. The highest BCUT2D eigenvalue weighted by molar-refractivity contribution is 6.31. The summed E-state index contributed by atoms with van der Waals surface area (Å²) in [5.74, 6) is 0.425. The average Bonchev–Trinajstić information content (AvgIpc) is 2.36. The summed E-state index contributed by atoms with van der Waals surface area (Å²) in [6.07, 6.45) is 1.32. The van der Waals surface area contributed by atoms with Crippen LogP contribution in [0.5, 0.6) is 0 Å². The first kappa shape index (κ1) is 15.0. The molecule has 3 N–H and O–H groups in total. The molecule has 1 aromatic carbocycles. The number of halogens is 1. The van der Waals surface area contributed by atoms with Crippen LogP contribution in [0.2, 0.25) is 5.02 Å². The van der Waals surface area contributed by atoms with E-state index in [4.69, 9.17) is 17.3 Å². The van der Waals surface area contributed by atoms with E-state index < -0.39 is 0 Å². The molecule has 0 aliphatic rings. The Bertz CT molecular complexity index is 395. The number of benzene rings is 1. The second-order valence-electron chi connectivity index (χ2n) is 4.69.